The Balaban J connectivity index is 0. The maximum atomic E-state index is 0. The van der Waals surface area contributed by atoms with Gasteiger partial charge in [0.25, 0.3) is 0 Å². The summed E-state index contributed by atoms with van der Waals surface area (Å²) in [6, 6.07) is 0. The van der Waals surface area contributed by atoms with E-state index < -0.39 is 0 Å². The van der Waals surface area contributed by atoms with Crippen LogP contribution in [0.25, 0.3) is 0 Å². The van der Waals surface area contributed by atoms with Gasteiger partial charge in [-0.3, -0.25) is 0 Å². The molecule has 0 unspecified atom stereocenters. The third-order valence-corrected chi connectivity index (χ3v) is 0. The average molecular weight is 439 g/mol. The summed E-state index contributed by atoms with van der Waals surface area (Å²) >= 11 is 0. The van der Waals surface area contributed by atoms with E-state index >= 15 is 0 Å². The van der Waals surface area contributed by atoms with Crippen LogP contribution >= 0.6 is 0 Å². The smallest absolute Gasteiger partial charge is 1.00 e. The molecular weight excluding hydrogens is 406 g/mol. The molecule has 0 aromatic heterocycles. The van der Waals surface area contributed by atoms with Crippen LogP contribution in [0.5, 0.6) is 0 Å². The van der Waals surface area contributed by atoms with Gasteiger partial charge in [0, 0.05) is 0 Å². The van der Waals surface area contributed by atoms with Gasteiger partial charge in [-0.15, -0.1) is 0 Å². The Labute approximate surface area is 175 Å². The molecule has 12 nitrogen and oxygen atoms in total. The third kappa shape index (κ3) is 1520. The van der Waals surface area contributed by atoms with Gasteiger partial charge < -0.3 is 115 Å². The molecule has 0 saturated carbocycles. The molecule has 0 aliphatic carbocycles. The molecule has 18 heteroatoms. The summed E-state index contributed by atoms with van der Waals surface area (Å²) in [5, 5.41) is 0. The molecule has 0 fully saturated rings. The van der Waals surface area contributed by atoms with Crippen LogP contribution in [0.1, 0.15) is 14.9 Å². The Morgan fingerprint density at radius 3 is 0.200 bits per heavy atom. The van der Waals surface area contributed by atoms with Crippen LogP contribution in [-0.4, -0.2) is 112 Å². The zero-order chi connectivity index (χ0) is 0. The minimum Gasteiger partial charge on any atom is -1.00 e. The van der Waals surface area contributed by atoms with Crippen molar-refractivity contribution in [1.29, 1.82) is 0 Å². The van der Waals surface area contributed by atoms with Crippen LogP contribution in [-0.2, 0) is 0 Å². The molecule has 0 aromatic carbocycles. The average Bonchev–Trinajstić information content (AvgIpc) is 0. The van der Waals surface area contributed by atoms with E-state index in [9.17, 15) is 0 Å². The summed E-state index contributed by atoms with van der Waals surface area (Å²) in [6.07, 6.45) is 0. The number of halogens is 4. The van der Waals surface area contributed by atoms with Crippen molar-refractivity contribution in [3.05, 3.63) is 0 Å². The van der Waals surface area contributed by atoms with Gasteiger partial charge in [-0.2, -0.15) is 0 Å². The number of hydrogen-bond acceptors (Lipinski definition) is 0. The van der Waals surface area contributed by atoms with Crippen LogP contribution in [0.3, 0.4) is 0 Å². The molecule has 0 spiro atoms. The molecule has 0 amide bonds. The Kier molecular flexibility index (Phi) is 181000. The van der Waals surface area contributed by atoms with E-state index in [1.54, 1.807) is 0 Å². The largest absolute Gasteiger partial charge is 2.00 e. The molecule has 0 saturated heterocycles. The molecule has 0 heterocycles. The first-order valence-electron chi connectivity index (χ1n) is 0. The summed E-state index contributed by atoms with van der Waals surface area (Å²) in [5.74, 6) is 0. The first kappa shape index (κ1) is 2040. The van der Waals surface area contributed by atoms with Gasteiger partial charge in [0.05, 0.1) is 0 Å². The number of rotatable bonds is 0. The molecule has 144 valence electrons. The predicted octanol–water partition coefficient (Wildman–Crippen LogP) is -21.4. The monoisotopic (exact) mass is 436 g/mol. The van der Waals surface area contributed by atoms with E-state index in [0.717, 1.165) is 0 Å². The molecule has 0 aliphatic rings. The van der Waals surface area contributed by atoms with Crippen LogP contribution in [0, 0.1) is 0 Å². The fourth-order valence-electron chi connectivity index (χ4n) is 0. The van der Waals surface area contributed by atoms with Gasteiger partial charge in [0.15, 0.2) is 0 Å². The fraction of sp³-hybridized carbons (Fsp3) is 1.00. The van der Waals surface area contributed by atoms with Crippen molar-refractivity contribution in [2.24, 2.45) is 0 Å². The summed E-state index contributed by atoms with van der Waals surface area (Å²) in [7, 11) is 0. The Morgan fingerprint density at radius 1 is 0.200 bits per heavy atom. The predicted molar refractivity (Wildman–Crippen MR) is 68.3 cm³/mol. The SMILES string of the molecule is C.C.O.O.O.O.O.O.O.O.O.O.O.O.[Cl-].[Cl-].[Cl-].[Cl-].[Mg+2].[Mg+2]. The Bertz CT molecular complexity index is 31.4. The van der Waals surface area contributed by atoms with E-state index in [1.807, 2.05) is 0 Å². The molecule has 24 N–H and O–H groups in total. The van der Waals surface area contributed by atoms with Gasteiger partial charge in [0.1, 0.15) is 0 Å². The van der Waals surface area contributed by atoms with Gasteiger partial charge in [-0.1, -0.05) is 14.9 Å². The minimum atomic E-state index is 0. The summed E-state index contributed by atoms with van der Waals surface area (Å²) in [5.41, 5.74) is 0. The second-order valence-corrected chi connectivity index (χ2v) is 0. The summed E-state index contributed by atoms with van der Waals surface area (Å²) in [4.78, 5) is 0. The molecule has 0 radical (unpaired) electrons. The van der Waals surface area contributed by atoms with Crippen molar-refractivity contribution in [2.45, 2.75) is 14.9 Å². The molecule has 0 aliphatic heterocycles. The van der Waals surface area contributed by atoms with Crippen molar-refractivity contribution in [3.8, 4) is 0 Å². The standard InChI is InChI=1S/2CH4.4ClH.2Mg.12H2O/h2*1H4;4*1H;;;12*1H2/q;;;;;;2*+2;;;;;;;;;;;;/p-4. The fourth-order valence-corrected chi connectivity index (χ4v) is 0. The van der Waals surface area contributed by atoms with Crippen molar-refractivity contribution >= 4 is 46.1 Å². The first-order valence-corrected chi connectivity index (χ1v) is 0. The molecule has 0 rings (SSSR count). The first-order chi connectivity index (χ1) is 0. The maximum Gasteiger partial charge on any atom is 2.00 e. The zero-order valence-corrected chi connectivity index (χ0v) is 14.8. The van der Waals surface area contributed by atoms with Crippen molar-refractivity contribution in [1.82, 2.24) is 0 Å². The molecular formula is C2H32Cl4Mg2O12. The van der Waals surface area contributed by atoms with E-state index in [1.165, 1.54) is 0 Å². The van der Waals surface area contributed by atoms with E-state index in [0.29, 0.717) is 0 Å². The Hall–Kier alpha value is 2.21. The second-order valence-electron chi connectivity index (χ2n) is 0. The molecule has 0 aromatic rings. The quantitative estimate of drug-likeness (QED) is 0.317. The van der Waals surface area contributed by atoms with E-state index in [2.05, 4.69) is 0 Å². The Morgan fingerprint density at radius 2 is 0.200 bits per heavy atom. The topological polar surface area (TPSA) is 378 Å². The molecule has 0 atom stereocenters. The minimum absolute atomic E-state index is 0. The third-order valence-electron chi connectivity index (χ3n) is 0. The van der Waals surface area contributed by atoms with Crippen LogP contribution in [0.2, 0.25) is 0 Å². The summed E-state index contributed by atoms with van der Waals surface area (Å²) in [6.45, 7) is 0. The second kappa shape index (κ2) is 1770. The van der Waals surface area contributed by atoms with Crippen LogP contribution < -0.4 is 49.6 Å². The van der Waals surface area contributed by atoms with E-state index in [4.69, 9.17) is 0 Å². The van der Waals surface area contributed by atoms with Gasteiger partial charge >= 0.3 is 46.1 Å². The molecule has 20 heavy (non-hydrogen) atoms. The van der Waals surface area contributed by atoms with Crippen molar-refractivity contribution < 1.29 is 115 Å². The summed E-state index contributed by atoms with van der Waals surface area (Å²) < 4.78 is 0. The normalized spacial score (nSPS) is 0. The molecule has 0 bridgehead atoms. The number of hydrogen-bond donors (Lipinski definition) is 0. The van der Waals surface area contributed by atoms with Crippen LogP contribution in [0.4, 0.5) is 0 Å². The van der Waals surface area contributed by atoms with Gasteiger partial charge in [0.2, 0.25) is 0 Å². The van der Waals surface area contributed by atoms with Crippen molar-refractivity contribution in [3.63, 3.8) is 0 Å². The zero-order valence-electron chi connectivity index (χ0n) is 8.93. The van der Waals surface area contributed by atoms with Gasteiger partial charge in [-0.25, -0.2) is 0 Å². The maximum absolute atomic E-state index is 0. The van der Waals surface area contributed by atoms with Crippen LogP contribution in [0.15, 0.2) is 0 Å². The van der Waals surface area contributed by atoms with Crippen molar-refractivity contribution in [2.75, 3.05) is 0 Å². The van der Waals surface area contributed by atoms with Gasteiger partial charge in [-0.05, 0) is 0 Å². The van der Waals surface area contributed by atoms with E-state index in [-0.39, 0.29) is 176 Å².